The van der Waals surface area contributed by atoms with Gasteiger partial charge in [-0.1, -0.05) is 43.3 Å². The molecule has 0 spiro atoms. The van der Waals surface area contributed by atoms with Crippen LogP contribution in [0.2, 0.25) is 0 Å². The lowest BCUT2D eigenvalue weighted by Gasteiger charge is -2.37. The summed E-state index contributed by atoms with van der Waals surface area (Å²) in [4.78, 5) is 11.3. The molecule has 84 valence electrons. The topological polar surface area (TPSA) is 29.1 Å². The first-order valence-electron chi connectivity index (χ1n) is 5.76. The van der Waals surface area contributed by atoms with Crippen molar-refractivity contribution in [1.82, 2.24) is 5.32 Å². The largest absolute Gasteiger partial charge is 0.349 e. The summed E-state index contributed by atoms with van der Waals surface area (Å²) in [5.74, 6) is 0.355. The third-order valence-electron chi connectivity index (χ3n) is 3.16. The van der Waals surface area contributed by atoms with Crippen LogP contribution >= 0.6 is 0 Å². The number of hydrogen-bond donors (Lipinski definition) is 1. The Morgan fingerprint density at radius 2 is 2.06 bits per heavy atom. The Bertz CT molecular complexity index is 408. The van der Waals surface area contributed by atoms with E-state index in [0.717, 1.165) is 6.42 Å². The van der Waals surface area contributed by atoms with Crippen LogP contribution in [0.15, 0.2) is 35.9 Å². The minimum Gasteiger partial charge on any atom is -0.349 e. The van der Waals surface area contributed by atoms with Crippen LogP contribution in [0.1, 0.15) is 25.8 Å². The fourth-order valence-corrected chi connectivity index (χ4v) is 2.17. The van der Waals surface area contributed by atoms with Crippen molar-refractivity contribution in [3.8, 4) is 0 Å². The fourth-order valence-electron chi connectivity index (χ4n) is 2.17. The number of rotatable bonds is 3. The van der Waals surface area contributed by atoms with Crippen LogP contribution in [0.4, 0.5) is 0 Å². The molecule has 0 radical (unpaired) electrons. The van der Waals surface area contributed by atoms with Gasteiger partial charge >= 0.3 is 0 Å². The molecule has 2 heteroatoms. The lowest BCUT2D eigenvalue weighted by Crippen LogP contribution is -2.58. The predicted molar refractivity (Wildman–Crippen MR) is 65.8 cm³/mol. The van der Waals surface area contributed by atoms with Crippen LogP contribution in [-0.2, 0) is 4.79 Å². The van der Waals surface area contributed by atoms with E-state index >= 15 is 0 Å². The highest BCUT2D eigenvalue weighted by molar-refractivity contribution is 5.87. The highest BCUT2D eigenvalue weighted by atomic mass is 16.2. The monoisotopic (exact) mass is 215 g/mol. The predicted octanol–water partition coefficient (Wildman–Crippen LogP) is 2.61. The summed E-state index contributed by atoms with van der Waals surface area (Å²) < 4.78 is 0. The van der Waals surface area contributed by atoms with E-state index in [9.17, 15) is 4.79 Å². The van der Waals surface area contributed by atoms with Crippen LogP contribution in [0, 0.1) is 5.92 Å². The van der Waals surface area contributed by atoms with E-state index in [-0.39, 0.29) is 17.9 Å². The third-order valence-corrected chi connectivity index (χ3v) is 3.16. The molecule has 0 saturated carbocycles. The quantitative estimate of drug-likeness (QED) is 0.771. The Morgan fingerprint density at radius 3 is 2.62 bits per heavy atom. The number of benzene rings is 1. The van der Waals surface area contributed by atoms with Crippen molar-refractivity contribution in [2.24, 2.45) is 5.92 Å². The van der Waals surface area contributed by atoms with E-state index in [2.05, 4.69) is 37.4 Å². The van der Waals surface area contributed by atoms with E-state index < -0.39 is 0 Å². The molecule has 0 bridgehead atoms. The fraction of sp³-hybridized carbons (Fsp3) is 0.357. The second-order valence-electron chi connectivity index (χ2n) is 4.30. The van der Waals surface area contributed by atoms with Crippen LogP contribution in [0.5, 0.6) is 0 Å². The van der Waals surface area contributed by atoms with Crippen molar-refractivity contribution in [1.29, 1.82) is 0 Å². The van der Waals surface area contributed by atoms with Crippen molar-refractivity contribution < 1.29 is 4.79 Å². The smallest absolute Gasteiger partial charge is 0.226 e. The molecule has 0 unspecified atom stereocenters. The van der Waals surface area contributed by atoms with Crippen LogP contribution < -0.4 is 5.32 Å². The molecule has 2 rings (SSSR count). The van der Waals surface area contributed by atoms with Gasteiger partial charge in [0.2, 0.25) is 5.91 Å². The van der Waals surface area contributed by atoms with Crippen molar-refractivity contribution in [3.63, 3.8) is 0 Å². The number of nitrogens with one attached hydrogen (secondary N) is 1. The Hall–Kier alpha value is -1.57. The Morgan fingerprint density at radius 1 is 1.38 bits per heavy atom. The molecule has 1 saturated heterocycles. The van der Waals surface area contributed by atoms with Gasteiger partial charge in [0.1, 0.15) is 0 Å². The number of carbonyl (C=O) groups excluding carboxylic acids is 1. The highest BCUT2D eigenvalue weighted by Gasteiger charge is 2.38. The van der Waals surface area contributed by atoms with Gasteiger partial charge in [0.15, 0.2) is 0 Å². The summed E-state index contributed by atoms with van der Waals surface area (Å²) in [5.41, 5.74) is 2.42. The lowest BCUT2D eigenvalue weighted by molar-refractivity contribution is -0.133. The highest BCUT2D eigenvalue weighted by Crippen LogP contribution is 2.25. The summed E-state index contributed by atoms with van der Waals surface area (Å²) in [7, 11) is 0. The maximum absolute atomic E-state index is 11.3. The summed E-state index contributed by atoms with van der Waals surface area (Å²) in [6, 6.07) is 10.4. The maximum atomic E-state index is 11.3. The first kappa shape index (κ1) is 10.9. The second-order valence-corrected chi connectivity index (χ2v) is 4.30. The molecule has 1 amide bonds. The molecular weight excluding hydrogens is 198 g/mol. The van der Waals surface area contributed by atoms with Gasteiger partial charge in [-0.25, -0.2) is 0 Å². The van der Waals surface area contributed by atoms with Crippen LogP contribution in [0.25, 0.3) is 6.08 Å². The van der Waals surface area contributed by atoms with Crippen molar-refractivity contribution >= 4 is 12.0 Å². The number of carbonyl (C=O) groups is 1. The summed E-state index contributed by atoms with van der Waals surface area (Å²) >= 11 is 0. The van der Waals surface area contributed by atoms with Crippen LogP contribution in [-0.4, -0.2) is 11.9 Å². The zero-order valence-corrected chi connectivity index (χ0v) is 9.73. The van der Waals surface area contributed by atoms with Gasteiger partial charge in [0, 0.05) is 0 Å². The summed E-state index contributed by atoms with van der Waals surface area (Å²) in [5, 5.41) is 2.96. The molecule has 1 aromatic carbocycles. The van der Waals surface area contributed by atoms with Gasteiger partial charge in [-0.15, -0.1) is 0 Å². The number of hydrogen-bond acceptors (Lipinski definition) is 1. The molecule has 1 fully saturated rings. The van der Waals surface area contributed by atoms with E-state index in [4.69, 9.17) is 0 Å². The van der Waals surface area contributed by atoms with Gasteiger partial charge in [0.05, 0.1) is 12.0 Å². The van der Waals surface area contributed by atoms with E-state index in [0.29, 0.717) is 0 Å². The Balaban J connectivity index is 2.11. The molecule has 1 aliphatic heterocycles. The third kappa shape index (κ3) is 2.01. The Kier molecular flexibility index (Phi) is 3.09. The normalized spacial score (nSPS) is 24.9. The first-order chi connectivity index (χ1) is 7.72. The molecule has 1 heterocycles. The van der Waals surface area contributed by atoms with E-state index in [1.54, 1.807) is 0 Å². The molecule has 16 heavy (non-hydrogen) atoms. The van der Waals surface area contributed by atoms with Crippen molar-refractivity contribution in [3.05, 3.63) is 41.5 Å². The SMILES string of the molecule is CC[C@H]1C(=O)N[C@@H]1/C(C)=C/c1ccccc1. The minimum atomic E-state index is 0.167. The molecule has 0 aliphatic carbocycles. The number of β-lactam (4-membered cyclic amide) rings is 1. The molecule has 1 aliphatic rings. The average Bonchev–Trinajstić information content (AvgIpc) is 2.27. The van der Waals surface area contributed by atoms with Gasteiger partial charge in [-0.2, -0.15) is 0 Å². The Labute approximate surface area is 96.4 Å². The maximum Gasteiger partial charge on any atom is 0.226 e. The summed E-state index contributed by atoms with van der Waals surface area (Å²) in [6.07, 6.45) is 3.06. The van der Waals surface area contributed by atoms with Crippen molar-refractivity contribution in [2.75, 3.05) is 0 Å². The van der Waals surface area contributed by atoms with E-state index in [1.807, 2.05) is 18.2 Å². The van der Waals surface area contributed by atoms with Gasteiger partial charge in [-0.05, 0) is 24.5 Å². The van der Waals surface area contributed by atoms with Gasteiger partial charge in [-0.3, -0.25) is 4.79 Å². The molecule has 1 N–H and O–H groups in total. The molecular formula is C14H17NO. The summed E-state index contributed by atoms with van der Waals surface area (Å²) in [6.45, 7) is 4.14. The molecule has 2 atom stereocenters. The second kappa shape index (κ2) is 4.52. The van der Waals surface area contributed by atoms with Crippen LogP contribution in [0.3, 0.4) is 0 Å². The standard InChI is InChI=1S/C14H17NO/c1-3-12-13(15-14(12)16)10(2)9-11-7-5-4-6-8-11/h4-9,12-13H,3H2,1-2H3,(H,15,16)/b10-9+/t12-,13-/m1/s1. The number of amides is 1. The zero-order chi connectivity index (χ0) is 11.5. The molecule has 1 aromatic rings. The average molecular weight is 215 g/mol. The lowest BCUT2D eigenvalue weighted by atomic mass is 9.83. The zero-order valence-electron chi connectivity index (χ0n) is 9.73. The molecule has 0 aromatic heterocycles. The minimum absolute atomic E-state index is 0.167. The van der Waals surface area contributed by atoms with Crippen molar-refractivity contribution in [2.45, 2.75) is 26.3 Å². The van der Waals surface area contributed by atoms with Gasteiger partial charge < -0.3 is 5.32 Å². The molecule has 2 nitrogen and oxygen atoms in total. The first-order valence-corrected chi connectivity index (χ1v) is 5.76. The van der Waals surface area contributed by atoms with E-state index in [1.165, 1.54) is 11.1 Å². The van der Waals surface area contributed by atoms with Gasteiger partial charge in [0.25, 0.3) is 0 Å².